The molecule has 1 amide bonds. The maximum Gasteiger partial charge on any atom is 0.224 e. The van der Waals surface area contributed by atoms with Gasteiger partial charge in [0.25, 0.3) is 0 Å². The Bertz CT molecular complexity index is 594. The molecule has 1 aliphatic heterocycles. The Hall–Kier alpha value is -0.960. The fourth-order valence-corrected chi connectivity index (χ4v) is 3.72. The molecule has 1 aromatic carbocycles. The number of nitrogens with two attached hydrogens (primary N) is 1. The van der Waals surface area contributed by atoms with Crippen LogP contribution in [0.2, 0.25) is 0 Å². The second-order valence-corrected chi connectivity index (χ2v) is 8.24. The molecule has 146 valence electrons. The monoisotopic (exact) mass is 490 g/mol. The van der Waals surface area contributed by atoms with Crippen LogP contribution in [-0.4, -0.2) is 48.7 Å². The molecule has 1 unspecified atom stereocenters. The Morgan fingerprint density at radius 1 is 1.38 bits per heavy atom. The van der Waals surface area contributed by atoms with Crippen LogP contribution in [-0.2, 0) is 4.79 Å². The normalized spacial score (nSPS) is 17.7. The lowest BCUT2D eigenvalue weighted by molar-refractivity contribution is -0.125. The molecule has 0 radical (unpaired) electrons. The van der Waals surface area contributed by atoms with Gasteiger partial charge in [-0.2, -0.15) is 0 Å². The smallest absolute Gasteiger partial charge is 0.224 e. The summed E-state index contributed by atoms with van der Waals surface area (Å²) in [7, 11) is 0. The lowest BCUT2D eigenvalue weighted by atomic mass is 9.93. The first kappa shape index (κ1) is 23.1. The van der Waals surface area contributed by atoms with Crippen LogP contribution in [0.4, 0.5) is 0 Å². The predicted octanol–water partition coefficient (Wildman–Crippen LogP) is 3.20. The molecule has 5 nitrogen and oxygen atoms in total. The molecule has 1 atom stereocenters. The SMILES string of the molecule is CCNC(=NCC(C)(C)C(N)=O)N1CCC(CSc2ccccc2)C1.I. The summed E-state index contributed by atoms with van der Waals surface area (Å²) in [5, 5.41) is 3.35. The number of benzene rings is 1. The second-order valence-electron chi connectivity index (χ2n) is 7.14. The van der Waals surface area contributed by atoms with Crippen LogP contribution in [0, 0.1) is 11.3 Å². The van der Waals surface area contributed by atoms with E-state index in [1.54, 1.807) is 0 Å². The van der Waals surface area contributed by atoms with Crippen molar-refractivity contribution in [3.8, 4) is 0 Å². The van der Waals surface area contributed by atoms with Gasteiger partial charge in [-0.1, -0.05) is 18.2 Å². The Kier molecular flexibility index (Phi) is 9.78. The van der Waals surface area contributed by atoms with E-state index in [2.05, 4.69) is 46.4 Å². The van der Waals surface area contributed by atoms with Gasteiger partial charge in [0.2, 0.25) is 5.91 Å². The largest absolute Gasteiger partial charge is 0.369 e. The van der Waals surface area contributed by atoms with Gasteiger partial charge >= 0.3 is 0 Å². The zero-order valence-corrected chi connectivity index (χ0v) is 19.1. The summed E-state index contributed by atoms with van der Waals surface area (Å²) < 4.78 is 0. The van der Waals surface area contributed by atoms with Crippen molar-refractivity contribution in [1.29, 1.82) is 0 Å². The van der Waals surface area contributed by atoms with Crippen LogP contribution in [0.5, 0.6) is 0 Å². The minimum absolute atomic E-state index is 0. The Balaban J connectivity index is 0.00000338. The summed E-state index contributed by atoms with van der Waals surface area (Å²) in [6.45, 7) is 8.97. The van der Waals surface area contributed by atoms with Crippen molar-refractivity contribution >= 4 is 47.6 Å². The third-order valence-corrected chi connectivity index (χ3v) is 5.68. The van der Waals surface area contributed by atoms with Gasteiger partial charge in [-0.3, -0.25) is 9.79 Å². The van der Waals surface area contributed by atoms with E-state index in [-0.39, 0.29) is 29.9 Å². The maximum absolute atomic E-state index is 11.5. The molecule has 0 aliphatic carbocycles. The third-order valence-electron chi connectivity index (χ3n) is 4.44. The van der Waals surface area contributed by atoms with Crippen LogP contribution in [0.1, 0.15) is 27.2 Å². The van der Waals surface area contributed by atoms with Crippen molar-refractivity contribution in [1.82, 2.24) is 10.2 Å². The first-order valence-corrected chi connectivity index (χ1v) is 9.92. The first-order chi connectivity index (χ1) is 11.9. The molecule has 0 saturated carbocycles. The van der Waals surface area contributed by atoms with Gasteiger partial charge < -0.3 is 16.0 Å². The van der Waals surface area contributed by atoms with E-state index in [0.717, 1.165) is 31.3 Å². The fraction of sp³-hybridized carbons (Fsp3) is 0.579. The number of primary amides is 1. The zero-order chi connectivity index (χ0) is 18.3. The molecule has 1 saturated heterocycles. The molecular formula is C19H31IN4OS. The van der Waals surface area contributed by atoms with E-state index < -0.39 is 5.41 Å². The quantitative estimate of drug-likeness (QED) is 0.267. The number of aliphatic imine (C=N–C) groups is 1. The molecule has 1 fully saturated rings. The number of nitrogens with zero attached hydrogens (tertiary/aromatic N) is 2. The molecule has 2 rings (SSSR count). The van der Waals surface area contributed by atoms with E-state index in [1.165, 1.54) is 11.3 Å². The lowest BCUT2D eigenvalue weighted by Gasteiger charge is -2.24. The molecule has 1 aromatic rings. The highest BCUT2D eigenvalue weighted by Crippen LogP contribution is 2.26. The van der Waals surface area contributed by atoms with Gasteiger partial charge in [-0.05, 0) is 45.2 Å². The Morgan fingerprint density at radius 2 is 2.08 bits per heavy atom. The van der Waals surface area contributed by atoms with E-state index in [1.807, 2.05) is 31.7 Å². The van der Waals surface area contributed by atoms with Crippen LogP contribution in [0.15, 0.2) is 40.2 Å². The lowest BCUT2D eigenvalue weighted by Crippen LogP contribution is -2.42. The molecule has 1 aliphatic rings. The number of amides is 1. The summed E-state index contributed by atoms with van der Waals surface area (Å²) in [4.78, 5) is 19.8. The number of likely N-dealkylation sites (tertiary alicyclic amines) is 1. The predicted molar refractivity (Wildman–Crippen MR) is 121 cm³/mol. The number of guanidine groups is 1. The van der Waals surface area contributed by atoms with Crippen molar-refractivity contribution in [2.75, 3.05) is 31.9 Å². The van der Waals surface area contributed by atoms with Gasteiger partial charge in [0.15, 0.2) is 5.96 Å². The van der Waals surface area contributed by atoms with Gasteiger partial charge in [-0.15, -0.1) is 35.7 Å². The molecule has 26 heavy (non-hydrogen) atoms. The summed E-state index contributed by atoms with van der Waals surface area (Å²) in [5.74, 6) is 2.35. The summed E-state index contributed by atoms with van der Waals surface area (Å²) in [5.41, 5.74) is 4.83. The average molecular weight is 490 g/mol. The van der Waals surface area contributed by atoms with Crippen LogP contribution in [0.25, 0.3) is 0 Å². The average Bonchev–Trinajstić information content (AvgIpc) is 3.06. The maximum atomic E-state index is 11.5. The number of hydrogen-bond acceptors (Lipinski definition) is 3. The molecule has 1 heterocycles. The van der Waals surface area contributed by atoms with Crippen molar-refractivity contribution in [2.45, 2.75) is 32.1 Å². The first-order valence-electron chi connectivity index (χ1n) is 8.93. The number of nitrogens with one attached hydrogen (secondary N) is 1. The highest BCUT2D eigenvalue weighted by Gasteiger charge is 2.28. The number of carbonyl (C=O) groups is 1. The summed E-state index contributed by atoms with van der Waals surface area (Å²) >= 11 is 1.92. The van der Waals surface area contributed by atoms with Crippen molar-refractivity contribution in [2.24, 2.45) is 22.1 Å². The van der Waals surface area contributed by atoms with Crippen molar-refractivity contribution in [3.63, 3.8) is 0 Å². The standard InChI is InChI=1S/C19H30N4OS.HI/c1-4-21-18(22-14-19(2,3)17(20)24)23-11-10-15(12-23)13-25-16-8-6-5-7-9-16;/h5-9,15H,4,10-14H2,1-3H3,(H2,20,24)(H,21,22);1H. The third kappa shape index (κ3) is 6.98. The van der Waals surface area contributed by atoms with Gasteiger partial charge in [0.05, 0.1) is 12.0 Å². The Labute approximate surface area is 178 Å². The molecule has 0 aromatic heterocycles. The molecule has 0 bridgehead atoms. The van der Waals surface area contributed by atoms with E-state index in [4.69, 9.17) is 5.73 Å². The zero-order valence-electron chi connectivity index (χ0n) is 15.9. The van der Waals surface area contributed by atoms with Crippen molar-refractivity contribution < 1.29 is 4.79 Å². The highest BCUT2D eigenvalue weighted by atomic mass is 127. The number of carbonyl (C=O) groups excluding carboxylic acids is 1. The van der Waals surface area contributed by atoms with E-state index >= 15 is 0 Å². The van der Waals surface area contributed by atoms with E-state index in [0.29, 0.717) is 12.5 Å². The number of halogens is 1. The van der Waals surface area contributed by atoms with Gasteiger partial charge in [0.1, 0.15) is 0 Å². The van der Waals surface area contributed by atoms with Gasteiger partial charge in [0, 0.05) is 30.3 Å². The van der Waals surface area contributed by atoms with Crippen LogP contribution < -0.4 is 11.1 Å². The van der Waals surface area contributed by atoms with Gasteiger partial charge in [-0.25, -0.2) is 0 Å². The number of rotatable bonds is 7. The number of hydrogen-bond donors (Lipinski definition) is 2. The Morgan fingerprint density at radius 3 is 2.69 bits per heavy atom. The molecule has 3 N–H and O–H groups in total. The fourth-order valence-electron chi connectivity index (χ4n) is 2.67. The summed E-state index contributed by atoms with van der Waals surface area (Å²) in [6.07, 6.45) is 1.17. The molecule has 7 heteroatoms. The van der Waals surface area contributed by atoms with Crippen LogP contribution in [0.3, 0.4) is 0 Å². The topological polar surface area (TPSA) is 70.7 Å². The minimum Gasteiger partial charge on any atom is -0.369 e. The second kappa shape index (κ2) is 11.0. The van der Waals surface area contributed by atoms with Crippen molar-refractivity contribution in [3.05, 3.63) is 30.3 Å². The summed E-state index contributed by atoms with van der Waals surface area (Å²) in [6, 6.07) is 10.5. The number of thioether (sulfide) groups is 1. The van der Waals surface area contributed by atoms with Crippen LogP contribution >= 0.6 is 35.7 Å². The molecule has 0 spiro atoms. The minimum atomic E-state index is -0.622. The van der Waals surface area contributed by atoms with E-state index in [9.17, 15) is 4.79 Å². The molecular weight excluding hydrogens is 459 g/mol. The highest BCUT2D eigenvalue weighted by molar-refractivity contribution is 14.0.